The van der Waals surface area contributed by atoms with Gasteiger partial charge in [-0.2, -0.15) is 0 Å². The lowest BCUT2D eigenvalue weighted by Crippen LogP contribution is -2.49. The monoisotopic (exact) mass is 298 g/mol. The first kappa shape index (κ1) is 13.3. The molecular formula is C16H18N4O2. The summed E-state index contributed by atoms with van der Waals surface area (Å²) in [5.74, 6) is 1.45. The van der Waals surface area contributed by atoms with Crippen LogP contribution < -0.4 is 4.90 Å². The number of nitrogens with zero attached hydrogens (tertiary/aromatic N) is 4. The van der Waals surface area contributed by atoms with Crippen molar-refractivity contribution in [1.82, 2.24) is 14.9 Å². The van der Waals surface area contributed by atoms with Crippen molar-refractivity contribution in [2.45, 2.75) is 19.3 Å². The molecule has 1 saturated heterocycles. The van der Waals surface area contributed by atoms with Crippen LogP contribution in [-0.2, 0) is 12.8 Å². The normalized spacial score (nSPS) is 17.6. The molecule has 2 aliphatic rings. The Balaban J connectivity index is 1.46. The van der Waals surface area contributed by atoms with Gasteiger partial charge < -0.3 is 14.2 Å². The van der Waals surface area contributed by atoms with Gasteiger partial charge in [0, 0.05) is 37.4 Å². The molecule has 6 heteroatoms. The molecule has 1 aliphatic heterocycles. The molecular weight excluding hydrogens is 280 g/mol. The van der Waals surface area contributed by atoms with Gasteiger partial charge in [0.1, 0.15) is 12.1 Å². The van der Waals surface area contributed by atoms with Crippen molar-refractivity contribution < 1.29 is 9.21 Å². The quantitative estimate of drug-likeness (QED) is 0.841. The van der Waals surface area contributed by atoms with Crippen molar-refractivity contribution in [2.24, 2.45) is 0 Å². The van der Waals surface area contributed by atoms with Crippen LogP contribution in [0, 0.1) is 0 Å². The zero-order chi connectivity index (χ0) is 14.9. The molecule has 0 saturated carbocycles. The van der Waals surface area contributed by atoms with Crippen LogP contribution in [0.25, 0.3) is 0 Å². The molecule has 0 N–H and O–H groups in total. The van der Waals surface area contributed by atoms with Crippen LogP contribution in [0.3, 0.4) is 0 Å². The first-order valence-electron chi connectivity index (χ1n) is 7.73. The highest BCUT2D eigenvalue weighted by molar-refractivity contribution is 5.91. The number of furan rings is 1. The Labute approximate surface area is 128 Å². The molecule has 4 rings (SSSR count). The maximum atomic E-state index is 12.3. The summed E-state index contributed by atoms with van der Waals surface area (Å²) in [5.41, 5.74) is 2.49. The number of amides is 1. The molecule has 0 unspecified atom stereocenters. The number of piperazine rings is 1. The van der Waals surface area contributed by atoms with E-state index in [1.165, 1.54) is 17.5 Å². The number of aryl methyl sites for hydroxylation is 1. The zero-order valence-corrected chi connectivity index (χ0v) is 12.4. The number of fused-ring (bicyclic) bond motifs is 1. The van der Waals surface area contributed by atoms with E-state index >= 15 is 0 Å². The van der Waals surface area contributed by atoms with E-state index < -0.39 is 0 Å². The lowest BCUT2D eigenvalue weighted by atomic mass is 10.2. The molecule has 0 bridgehead atoms. The number of aromatic nitrogens is 2. The van der Waals surface area contributed by atoms with Gasteiger partial charge in [-0.05, 0) is 31.4 Å². The Morgan fingerprint density at radius 1 is 1.14 bits per heavy atom. The molecule has 22 heavy (non-hydrogen) atoms. The van der Waals surface area contributed by atoms with Crippen molar-refractivity contribution in [2.75, 3.05) is 31.1 Å². The second kappa shape index (κ2) is 5.44. The van der Waals surface area contributed by atoms with Gasteiger partial charge in [0.15, 0.2) is 5.76 Å². The summed E-state index contributed by atoms with van der Waals surface area (Å²) in [7, 11) is 0. The second-order valence-electron chi connectivity index (χ2n) is 5.73. The summed E-state index contributed by atoms with van der Waals surface area (Å²) in [6, 6.07) is 3.46. The summed E-state index contributed by atoms with van der Waals surface area (Å²) < 4.78 is 5.20. The molecule has 2 aromatic rings. The lowest BCUT2D eigenvalue weighted by Gasteiger charge is -2.35. The van der Waals surface area contributed by atoms with Gasteiger partial charge in [0.05, 0.1) is 6.26 Å². The van der Waals surface area contributed by atoms with E-state index in [1.807, 2.05) is 4.90 Å². The minimum Gasteiger partial charge on any atom is -0.459 e. The third-order valence-corrected chi connectivity index (χ3v) is 4.45. The van der Waals surface area contributed by atoms with E-state index in [-0.39, 0.29) is 5.91 Å². The van der Waals surface area contributed by atoms with E-state index in [0.29, 0.717) is 18.8 Å². The minimum atomic E-state index is -0.0300. The number of hydrogen-bond donors (Lipinski definition) is 0. The van der Waals surface area contributed by atoms with Crippen LogP contribution in [0.15, 0.2) is 29.1 Å². The van der Waals surface area contributed by atoms with Crippen LogP contribution in [0.4, 0.5) is 5.82 Å². The van der Waals surface area contributed by atoms with Crippen LogP contribution >= 0.6 is 0 Å². The van der Waals surface area contributed by atoms with Gasteiger partial charge in [-0.3, -0.25) is 4.79 Å². The van der Waals surface area contributed by atoms with E-state index in [1.54, 1.807) is 18.5 Å². The standard InChI is InChI=1S/C16H18N4O2/c21-16(14-5-2-10-22-14)20-8-6-19(7-9-20)15-12-3-1-4-13(12)17-11-18-15/h2,5,10-11H,1,3-4,6-9H2. The highest BCUT2D eigenvalue weighted by atomic mass is 16.3. The van der Waals surface area contributed by atoms with Crippen LogP contribution in [0.5, 0.6) is 0 Å². The van der Waals surface area contributed by atoms with E-state index in [9.17, 15) is 4.79 Å². The second-order valence-corrected chi connectivity index (χ2v) is 5.73. The Kier molecular flexibility index (Phi) is 3.29. The summed E-state index contributed by atoms with van der Waals surface area (Å²) in [4.78, 5) is 25.3. The number of rotatable bonds is 2. The summed E-state index contributed by atoms with van der Waals surface area (Å²) in [6.07, 6.45) is 6.49. The third kappa shape index (κ3) is 2.24. The summed E-state index contributed by atoms with van der Waals surface area (Å²) in [5, 5.41) is 0. The molecule has 0 radical (unpaired) electrons. The number of carbonyl (C=O) groups excluding carboxylic acids is 1. The Morgan fingerprint density at radius 2 is 2.00 bits per heavy atom. The van der Waals surface area contributed by atoms with Gasteiger partial charge in [-0.1, -0.05) is 0 Å². The van der Waals surface area contributed by atoms with Crippen LogP contribution in [-0.4, -0.2) is 47.0 Å². The number of carbonyl (C=O) groups is 1. The topological polar surface area (TPSA) is 62.5 Å². The largest absolute Gasteiger partial charge is 0.459 e. The third-order valence-electron chi connectivity index (χ3n) is 4.45. The molecule has 0 spiro atoms. The molecule has 1 amide bonds. The lowest BCUT2D eigenvalue weighted by molar-refractivity contribution is 0.0714. The van der Waals surface area contributed by atoms with Gasteiger partial charge in [0.25, 0.3) is 5.91 Å². The first-order valence-corrected chi connectivity index (χ1v) is 7.73. The minimum absolute atomic E-state index is 0.0300. The van der Waals surface area contributed by atoms with Gasteiger partial charge in [-0.15, -0.1) is 0 Å². The molecule has 1 fully saturated rings. The fourth-order valence-corrected chi connectivity index (χ4v) is 3.29. The van der Waals surface area contributed by atoms with Gasteiger partial charge >= 0.3 is 0 Å². The average Bonchev–Trinajstić information content (AvgIpc) is 3.25. The van der Waals surface area contributed by atoms with E-state index in [0.717, 1.165) is 38.2 Å². The molecule has 114 valence electrons. The average molecular weight is 298 g/mol. The zero-order valence-electron chi connectivity index (χ0n) is 12.4. The van der Waals surface area contributed by atoms with Crippen LogP contribution in [0.2, 0.25) is 0 Å². The maximum absolute atomic E-state index is 12.3. The maximum Gasteiger partial charge on any atom is 0.289 e. The Morgan fingerprint density at radius 3 is 2.77 bits per heavy atom. The molecule has 1 aliphatic carbocycles. The van der Waals surface area contributed by atoms with Crippen molar-refractivity contribution in [3.05, 3.63) is 41.7 Å². The Bertz CT molecular complexity index is 675. The highest BCUT2D eigenvalue weighted by Gasteiger charge is 2.27. The molecule has 3 heterocycles. The molecule has 0 aromatic carbocycles. The van der Waals surface area contributed by atoms with Crippen molar-refractivity contribution in [1.29, 1.82) is 0 Å². The SMILES string of the molecule is O=C(c1ccco1)N1CCN(c2ncnc3c2CCC3)CC1. The van der Waals surface area contributed by atoms with Gasteiger partial charge in [0.2, 0.25) is 0 Å². The number of hydrogen-bond acceptors (Lipinski definition) is 5. The van der Waals surface area contributed by atoms with Crippen molar-refractivity contribution in [3.8, 4) is 0 Å². The van der Waals surface area contributed by atoms with Crippen molar-refractivity contribution >= 4 is 11.7 Å². The fourth-order valence-electron chi connectivity index (χ4n) is 3.29. The fraction of sp³-hybridized carbons (Fsp3) is 0.438. The molecule has 0 atom stereocenters. The van der Waals surface area contributed by atoms with Crippen molar-refractivity contribution in [3.63, 3.8) is 0 Å². The van der Waals surface area contributed by atoms with Gasteiger partial charge in [-0.25, -0.2) is 9.97 Å². The number of anilines is 1. The summed E-state index contributed by atoms with van der Waals surface area (Å²) in [6.45, 7) is 2.99. The van der Waals surface area contributed by atoms with E-state index in [4.69, 9.17) is 4.42 Å². The first-order chi connectivity index (χ1) is 10.8. The smallest absolute Gasteiger partial charge is 0.289 e. The Hall–Kier alpha value is -2.37. The predicted octanol–water partition coefficient (Wildman–Crippen LogP) is 1.52. The predicted molar refractivity (Wildman–Crippen MR) is 80.9 cm³/mol. The highest BCUT2D eigenvalue weighted by Crippen LogP contribution is 2.28. The van der Waals surface area contributed by atoms with E-state index in [2.05, 4.69) is 14.9 Å². The summed E-state index contributed by atoms with van der Waals surface area (Å²) >= 11 is 0. The molecule has 2 aromatic heterocycles. The molecule has 6 nitrogen and oxygen atoms in total. The van der Waals surface area contributed by atoms with Crippen LogP contribution in [0.1, 0.15) is 28.2 Å².